The lowest BCUT2D eigenvalue weighted by Crippen LogP contribution is -1.85. The van der Waals surface area contributed by atoms with Crippen molar-refractivity contribution in [2.75, 3.05) is 12.3 Å². The molecule has 64 valence electrons. The van der Waals surface area contributed by atoms with Gasteiger partial charge in [0.2, 0.25) is 0 Å². The average Bonchev–Trinajstić information content (AvgIpc) is 2.09. The summed E-state index contributed by atoms with van der Waals surface area (Å²) >= 11 is 4.02. The number of benzene rings is 1. The summed E-state index contributed by atoms with van der Waals surface area (Å²) in [4.78, 5) is 4.06. The molecule has 12 heavy (non-hydrogen) atoms. The molecule has 0 aliphatic rings. The van der Waals surface area contributed by atoms with E-state index in [9.17, 15) is 5.11 Å². The average molecular weight is 181 g/mol. The van der Waals surface area contributed by atoms with Gasteiger partial charge in [-0.25, -0.2) is 0 Å². The van der Waals surface area contributed by atoms with E-state index >= 15 is 0 Å². The molecule has 0 heterocycles. The maximum atomic E-state index is 9.30. The lowest BCUT2D eigenvalue weighted by atomic mass is 10.2. The van der Waals surface area contributed by atoms with E-state index in [0.717, 1.165) is 11.3 Å². The molecule has 0 aliphatic heterocycles. The Bertz CT molecular complexity index is 273. The molecule has 0 saturated carbocycles. The molecule has 3 heteroatoms. The maximum Gasteiger partial charge on any atom is 0.124 e. The molecule has 1 aromatic rings. The third kappa shape index (κ3) is 2.58. The largest absolute Gasteiger partial charge is 0.507 e. The summed E-state index contributed by atoms with van der Waals surface area (Å²) in [5.41, 5.74) is 0.749. The van der Waals surface area contributed by atoms with E-state index in [-0.39, 0.29) is 5.75 Å². The fourth-order valence-corrected chi connectivity index (χ4v) is 0.933. The first-order chi connectivity index (χ1) is 5.84. The number of para-hydroxylation sites is 1. The van der Waals surface area contributed by atoms with Crippen molar-refractivity contribution in [2.24, 2.45) is 4.99 Å². The first-order valence-electron chi connectivity index (χ1n) is 3.73. The number of phenols is 1. The number of aliphatic imine (C=N–C) groups is 1. The zero-order valence-corrected chi connectivity index (χ0v) is 7.54. The van der Waals surface area contributed by atoms with Crippen molar-refractivity contribution < 1.29 is 5.11 Å². The van der Waals surface area contributed by atoms with E-state index in [4.69, 9.17) is 0 Å². The molecular weight excluding hydrogens is 170 g/mol. The fraction of sp³-hybridized carbons (Fsp3) is 0.222. The van der Waals surface area contributed by atoms with Gasteiger partial charge >= 0.3 is 0 Å². The summed E-state index contributed by atoms with van der Waals surface area (Å²) in [5.74, 6) is 0.991. The van der Waals surface area contributed by atoms with Gasteiger partial charge in [-0.15, -0.1) is 0 Å². The van der Waals surface area contributed by atoms with Gasteiger partial charge in [-0.3, -0.25) is 4.99 Å². The highest BCUT2D eigenvalue weighted by molar-refractivity contribution is 7.80. The Morgan fingerprint density at radius 3 is 2.83 bits per heavy atom. The monoisotopic (exact) mass is 181 g/mol. The first-order valence-corrected chi connectivity index (χ1v) is 4.36. The summed E-state index contributed by atoms with van der Waals surface area (Å²) in [6.45, 7) is 0.678. The SMILES string of the molecule is Oc1ccccc1/C=N\CCS. The Morgan fingerprint density at radius 1 is 1.42 bits per heavy atom. The number of hydrogen-bond donors (Lipinski definition) is 2. The highest BCUT2D eigenvalue weighted by Gasteiger charge is 1.92. The van der Waals surface area contributed by atoms with Gasteiger partial charge in [0, 0.05) is 24.1 Å². The molecule has 1 rings (SSSR count). The molecule has 1 aromatic carbocycles. The topological polar surface area (TPSA) is 32.6 Å². The predicted octanol–water partition coefficient (Wildman–Crippen LogP) is 1.74. The summed E-state index contributed by atoms with van der Waals surface area (Å²) < 4.78 is 0. The summed E-state index contributed by atoms with van der Waals surface area (Å²) in [7, 11) is 0. The van der Waals surface area contributed by atoms with Gasteiger partial charge in [0.15, 0.2) is 0 Å². The zero-order chi connectivity index (χ0) is 8.81. The molecule has 0 saturated heterocycles. The molecule has 2 nitrogen and oxygen atoms in total. The van der Waals surface area contributed by atoms with E-state index in [0.29, 0.717) is 6.54 Å². The van der Waals surface area contributed by atoms with Crippen molar-refractivity contribution in [1.82, 2.24) is 0 Å². The van der Waals surface area contributed by atoms with Crippen molar-refractivity contribution in [3.63, 3.8) is 0 Å². The molecule has 0 aromatic heterocycles. The zero-order valence-electron chi connectivity index (χ0n) is 6.64. The van der Waals surface area contributed by atoms with Crippen LogP contribution in [0.5, 0.6) is 5.75 Å². The third-order valence-electron chi connectivity index (χ3n) is 1.40. The van der Waals surface area contributed by atoms with Gasteiger partial charge in [-0.1, -0.05) is 12.1 Å². The molecular formula is C9H11NOS. The standard InChI is InChI=1S/C9H11NOS/c11-9-4-2-1-3-8(9)7-10-5-6-12/h1-4,7,11-12H,5-6H2/b10-7-. The number of rotatable bonds is 3. The summed E-state index contributed by atoms with van der Waals surface area (Å²) in [5, 5.41) is 9.30. The Kier molecular flexibility index (Phi) is 3.67. The van der Waals surface area contributed by atoms with Crippen molar-refractivity contribution in [3.05, 3.63) is 29.8 Å². The Labute approximate surface area is 77.4 Å². The Morgan fingerprint density at radius 2 is 2.17 bits per heavy atom. The number of aromatic hydroxyl groups is 1. The lowest BCUT2D eigenvalue weighted by molar-refractivity contribution is 0.474. The van der Waals surface area contributed by atoms with Gasteiger partial charge in [0.25, 0.3) is 0 Å². The first kappa shape index (κ1) is 9.13. The molecule has 0 bridgehead atoms. The van der Waals surface area contributed by atoms with Gasteiger partial charge in [-0.05, 0) is 12.1 Å². The van der Waals surface area contributed by atoms with Gasteiger partial charge in [0.1, 0.15) is 5.75 Å². The molecule has 0 amide bonds. The van der Waals surface area contributed by atoms with Crippen LogP contribution in [-0.4, -0.2) is 23.6 Å². The van der Waals surface area contributed by atoms with Crippen LogP contribution >= 0.6 is 12.6 Å². The molecule has 0 unspecified atom stereocenters. The van der Waals surface area contributed by atoms with Crippen molar-refractivity contribution in [2.45, 2.75) is 0 Å². The van der Waals surface area contributed by atoms with Gasteiger partial charge in [0.05, 0.1) is 0 Å². The van der Waals surface area contributed by atoms with Crippen LogP contribution in [0.15, 0.2) is 29.3 Å². The highest BCUT2D eigenvalue weighted by atomic mass is 32.1. The second-order valence-electron chi connectivity index (χ2n) is 2.32. The number of hydrogen-bond acceptors (Lipinski definition) is 3. The number of nitrogens with zero attached hydrogens (tertiary/aromatic N) is 1. The summed E-state index contributed by atoms with van der Waals surface area (Å²) in [6, 6.07) is 7.10. The molecule has 0 aliphatic carbocycles. The number of thiol groups is 1. The molecule has 1 N–H and O–H groups in total. The van der Waals surface area contributed by atoms with E-state index in [1.54, 1.807) is 18.3 Å². The van der Waals surface area contributed by atoms with Crippen LogP contribution in [0.3, 0.4) is 0 Å². The van der Waals surface area contributed by atoms with Crippen LogP contribution in [0, 0.1) is 0 Å². The molecule has 0 fully saturated rings. The van der Waals surface area contributed by atoms with Crippen LogP contribution < -0.4 is 0 Å². The summed E-state index contributed by atoms with van der Waals surface area (Å²) in [6.07, 6.45) is 1.66. The van der Waals surface area contributed by atoms with E-state index in [1.165, 1.54) is 0 Å². The highest BCUT2D eigenvalue weighted by Crippen LogP contribution is 2.12. The smallest absolute Gasteiger partial charge is 0.124 e. The lowest BCUT2D eigenvalue weighted by Gasteiger charge is -1.95. The second kappa shape index (κ2) is 4.83. The minimum atomic E-state index is 0.264. The van der Waals surface area contributed by atoms with Crippen molar-refractivity contribution in [1.29, 1.82) is 0 Å². The van der Waals surface area contributed by atoms with Crippen LogP contribution in [0.2, 0.25) is 0 Å². The second-order valence-corrected chi connectivity index (χ2v) is 2.76. The maximum absolute atomic E-state index is 9.30. The minimum absolute atomic E-state index is 0.264. The van der Waals surface area contributed by atoms with Crippen LogP contribution in [0.25, 0.3) is 0 Å². The van der Waals surface area contributed by atoms with Crippen molar-refractivity contribution >= 4 is 18.8 Å². The third-order valence-corrected chi connectivity index (χ3v) is 1.60. The fourth-order valence-electron chi connectivity index (χ4n) is 0.817. The Balaban J connectivity index is 2.68. The Hall–Kier alpha value is -0.960. The normalized spacial score (nSPS) is 10.8. The number of phenolic OH excluding ortho intramolecular Hbond substituents is 1. The predicted molar refractivity (Wildman–Crippen MR) is 54.4 cm³/mol. The van der Waals surface area contributed by atoms with Gasteiger partial charge in [-0.2, -0.15) is 12.6 Å². The van der Waals surface area contributed by atoms with E-state index in [1.807, 2.05) is 12.1 Å². The van der Waals surface area contributed by atoms with Crippen LogP contribution in [-0.2, 0) is 0 Å². The molecule has 0 radical (unpaired) electrons. The van der Waals surface area contributed by atoms with Crippen molar-refractivity contribution in [3.8, 4) is 5.75 Å². The van der Waals surface area contributed by atoms with E-state index in [2.05, 4.69) is 17.6 Å². The quantitative estimate of drug-likeness (QED) is 0.540. The molecule has 0 atom stereocenters. The van der Waals surface area contributed by atoms with Crippen LogP contribution in [0.1, 0.15) is 5.56 Å². The minimum Gasteiger partial charge on any atom is -0.507 e. The van der Waals surface area contributed by atoms with Crippen LogP contribution in [0.4, 0.5) is 0 Å². The van der Waals surface area contributed by atoms with E-state index < -0.39 is 0 Å². The van der Waals surface area contributed by atoms with Gasteiger partial charge < -0.3 is 5.11 Å². The molecule has 0 spiro atoms.